The molecule has 1 N–H and O–H groups in total. The Morgan fingerprint density at radius 1 is 1.12 bits per heavy atom. The lowest BCUT2D eigenvalue weighted by atomic mass is 10.1. The zero-order chi connectivity index (χ0) is 23.2. The van der Waals surface area contributed by atoms with Crippen LogP contribution in [-0.4, -0.2) is 32.8 Å². The van der Waals surface area contributed by atoms with Crippen molar-refractivity contribution in [2.24, 2.45) is 0 Å². The number of hydrogen-bond donors (Lipinski definition) is 1. The monoisotopic (exact) mass is 439 g/mol. The summed E-state index contributed by atoms with van der Waals surface area (Å²) >= 11 is 0. The maximum atomic E-state index is 12.6. The highest BCUT2D eigenvalue weighted by Gasteiger charge is 2.12. The summed E-state index contributed by atoms with van der Waals surface area (Å²) in [5, 5.41) is 7.63. The number of aromatic nitrogens is 4. The van der Waals surface area contributed by atoms with E-state index in [1.165, 1.54) is 6.08 Å². The first-order chi connectivity index (χ1) is 16.1. The number of aryl methyl sites for hydroxylation is 1. The summed E-state index contributed by atoms with van der Waals surface area (Å²) in [5.41, 5.74) is 6.02. The molecule has 7 nitrogen and oxygen atoms in total. The van der Waals surface area contributed by atoms with Crippen molar-refractivity contribution in [2.45, 2.75) is 20.4 Å². The van der Waals surface area contributed by atoms with E-state index in [1.807, 2.05) is 62.5 Å². The van der Waals surface area contributed by atoms with Gasteiger partial charge in [-0.2, -0.15) is 5.10 Å². The van der Waals surface area contributed by atoms with Gasteiger partial charge in [0.2, 0.25) is 5.91 Å². The van der Waals surface area contributed by atoms with Crippen LogP contribution in [0.5, 0.6) is 5.75 Å². The molecule has 1 aromatic carbocycles. The Hall–Kier alpha value is -4.26. The number of para-hydroxylation sites is 1. The number of nitrogens with zero attached hydrogens (tertiary/aromatic N) is 4. The molecular formula is C26H25N5O2. The van der Waals surface area contributed by atoms with Crippen LogP contribution < -0.4 is 10.1 Å². The Kier molecular flexibility index (Phi) is 6.59. The molecule has 0 saturated heterocycles. The van der Waals surface area contributed by atoms with E-state index in [9.17, 15) is 4.79 Å². The number of ether oxygens (including phenoxy) is 1. The fourth-order valence-electron chi connectivity index (χ4n) is 3.59. The van der Waals surface area contributed by atoms with Gasteiger partial charge in [-0.05, 0) is 44.2 Å². The SMILES string of the molecule is COc1c(C)cnc(CNC(=O)/C=C/c2cn(-c3ccccc3)nc2-c2cccnc2)c1C. The molecule has 0 spiro atoms. The fraction of sp³-hybridized carbons (Fsp3) is 0.154. The van der Waals surface area contributed by atoms with Gasteiger partial charge >= 0.3 is 0 Å². The Morgan fingerprint density at radius 3 is 2.67 bits per heavy atom. The zero-order valence-corrected chi connectivity index (χ0v) is 18.8. The second-order valence-corrected chi connectivity index (χ2v) is 7.55. The molecule has 0 atom stereocenters. The molecule has 0 bridgehead atoms. The average Bonchev–Trinajstić information content (AvgIpc) is 3.28. The number of methoxy groups -OCH3 is 1. The van der Waals surface area contributed by atoms with Crippen LogP contribution in [-0.2, 0) is 11.3 Å². The Morgan fingerprint density at radius 2 is 1.94 bits per heavy atom. The van der Waals surface area contributed by atoms with Crippen LogP contribution in [0, 0.1) is 13.8 Å². The maximum absolute atomic E-state index is 12.6. The number of nitrogens with one attached hydrogen (secondary N) is 1. The molecule has 3 aromatic heterocycles. The second-order valence-electron chi connectivity index (χ2n) is 7.55. The van der Waals surface area contributed by atoms with E-state index >= 15 is 0 Å². The van der Waals surface area contributed by atoms with Gasteiger partial charge in [0.15, 0.2) is 0 Å². The largest absolute Gasteiger partial charge is 0.496 e. The number of pyridine rings is 2. The van der Waals surface area contributed by atoms with Gasteiger partial charge in [0, 0.05) is 53.1 Å². The van der Waals surface area contributed by atoms with E-state index in [1.54, 1.807) is 36.5 Å². The molecule has 0 aliphatic carbocycles. The molecule has 0 radical (unpaired) electrons. The van der Waals surface area contributed by atoms with Crippen LogP contribution in [0.4, 0.5) is 0 Å². The lowest BCUT2D eigenvalue weighted by molar-refractivity contribution is -0.116. The van der Waals surface area contributed by atoms with Gasteiger partial charge in [-0.3, -0.25) is 14.8 Å². The van der Waals surface area contributed by atoms with Crippen molar-refractivity contribution < 1.29 is 9.53 Å². The lowest BCUT2D eigenvalue weighted by Gasteiger charge is -2.12. The molecule has 7 heteroatoms. The third-order valence-corrected chi connectivity index (χ3v) is 5.29. The van der Waals surface area contributed by atoms with Gasteiger partial charge in [0.25, 0.3) is 0 Å². The van der Waals surface area contributed by atoms with Gasteiger partial charge in [0.1, 0.15) is 11.4 Å². The summed E-state index contributed by atoms with van der Waals surface area (Å²) in [5.74, 6) is 0.569. The van der Waals surface area contributed by atoms with E-state index in [4.69, 9.17) is 9.84 Å². The molecular weight excluding hydrogens is 414 g/mol. The average molecular weight is 440 g/mol. The summed E-state index contributed by atoms with van der Waals surface area (Å²) in [7, 11) is 1.63. The minimum absolute atomic E-state index is 0.222. The molecule has 33 heavy (non-hydrogen) atoms. The first-order valence-corrected chi connectivity index (χ1v) is 10.6. The van der Waals surface area contributed by atoms with Crippen LogP contribution in [0.1, 0.15) is 22.4 Å². The highest BCUT2D eigenvalue weighted by molar-refractivity contribution is 5.92. The molecule has 0 aliphatic rings. The van der Waals surface area contributed by atoms with Crippen molar-refractivity contribution in [3.05, 3.63) is 95.7 Å². The molecule has 166 valence electrons. The Balaban J connectivity index is 1.55. The van der Waals surface area contributed by atoms with Crippen molar-refractivity contribution in [2.75, 3.05) is 7.11 Å². The topological polar surface area (TPSA) is 81.9 Å². The summed E-state index contributed by atoms with van der Waals surface area (Å²) < 4.78 is 7.24. The molecule has 0 aliphatic heterocycles. The van der Waals surface area contributed by atoms with Crippen molar-refractivity contribution in [1.82, 2.24) is 25.1 Å². The highest BCUT2D eigenvalue weighted by atomic mass is 16.5. The van der Waals surface area contributed by atoms with Crippen molar-refractivity contribution in [3.63, 3.8) is 0 Å². The van der Waals surface area contributed by atoms with Crippen LogP contribution in [0.15, 0.2) is 73.3 Å². The molecule has 4 rings (SSSR count). The summed E-state index contributed by atoms with van der Waals surface area (Å²) in [6.07, 6.45) is 10.4. The smallest absolute Gasteiger partial charge is 0.244 e. The van der Waals surface area contributed by atoms with Gasteiger partial charge in [-0.25, -0.2) is 4.68 Å². The van der Waals surface area contributed by atoms with Crippen molar-refractivity contribution in [1.29, 1.82) is 0 Å². The summed E-state index contributed by atoms with van der Waals surface area (Å²) in [6.45, 7) is 4.19. The molecule has 4 aromatic rings. The minimum Gasteiger partial charge on any atom is -0.496 e. The highest BCUT2D eigenvalue weighted by Crippen LogP contribution is 2.25. The maximum Gasteiger partial charge on any atom is 0.244 e. The standard InChI is InChI=1S/C26H25N5O2/c1-18-14-28-23(19(2)26(18)33-3)16-29-24(32)12-11-21-17-31(22-9-5-4-6-10-22)30-25(21)20-8-7-13-27-15-20/h4-15,17H,16H2,1-3H3,(H,29,32)/b12-11+. The van der Waals surface area contributed by atoms with Gasteiger partial charge in [-0.15, -0.1) is 0 Å². The molecule has 0 fully saturated rings. The molecule has 1 amide bonds. The summed E-state index contributed by atoms with van der Waals surface area (Å²) in [6, 6.07) is 13.6. The number of hydrogen-bond acceptors (Lipinski definition) is 5. The van der Waals surface area contributed by atoms with Crippen molar-refractivity contribution >= 4 is 12.0 Å². The normalized spacial score (nSPS) is 11.0. The van der Waals surface area contributed by atoms with E-state index in [0.29, 0.717) is 6.54 Å². The number of carbonyl (C=O) groups is 1. The quantitative estimate of drug-likeness (QED) is 0.435. The van der Waals surface area contributed by atoms with E-state index in [0.717, 1.165) is 45.1 Å². The van der Waals surface area contributed by atoms with Gasteiger partial charge < -0.3 is 10.1 Å². The van der Waals surface area contributed by atoms with E-state index < -0.39 is 0 Å². The van der Waals surface area contributed by atoms with Crippen molar-refractivity contribution in [3.8, 4) is 22.7 Å². The number of benzene rings is 1. The first-order valence-electron chi connectivity index (χ1n) is 10.6. The molecule has 3 heterocycles. The Labute approximate surface area is 192 Å². The summed E-state index contributed by atoms with van der Waals surface area (Å²) in [4.78, 5) is 21.2. The second kappa shape index (κ2) is 9.91. The fourth-order valence-corrected chi connectivity index (χ4v) is 3.59. The van der Waals surface area contributed by atoms with Crippen LogP contribution >= 0.6 is 0 Å². The minimum atomic E-state index is -0.222. The predicted molar refractivity (Wildman–Crippen MR) is 128 cm³/mol. The lowest BCUT2D eigenvalue weighted by Crippen LogP contribution is -2.21. The first kappa shape index (κ1) is 22.0. The number of amides is 1. The van der Waals surface area contributed by atoms with Crippen LogP contribution in [0.3, 0.4) is 0 Å². The molecule has 0 unspecified atom stereocenters. The predicted octanol–water partition coefficient (Wildman–Crippen LogP) is 4.28. The van der Waals surface area contributed by atoms with Gasteiger partial charge in [0.05, 0.1) is 25.0 Å². The number of carbonyl (C=O) groups excluding carboxylic acids is 1. The van der Waals surface area contributed by atoms with Crippen LogP contribution in [0.2, 0.25) is 0 Å². The van der Waals surface area contributed by atoms with E-state index in [2.05, 4.69) is 15.3 Å². The number of rotatable bonds is 7. The third-order valence-electron chi connectivity index (χ3n) is 5.29. The molecule has 0 saturated carbocycles. The third kappa shape index (κ3) is 4.98. The van der Waals surface area contributed by atoms with Gasteiger partial charge in [-0.1, -0.05) is 18.2 Å². The van der Waals surface area contributed by atoms with Crippen LogP contribution in [0.25, 0.3) is 23.0 Å². The van der Waals surface area contributed by atoms with E-state index in [-0.39, 0.29) is 5.91 Å². The Bertz CT molecular complexity index is 1280. The zero-order valence-electron chi connectivity index (χ0n) is 18.8.